The van der Waals surface area contributed by atoms with Crippen molar-refractivity contribution in [2.75, 3.05) is 19.0 Å². The Hall–Kier alpha value is -0.870. The summed E-state index contributed by atoms with van der Waals surface area (Å²) in [5.74, 6) is 1.10. The average Bonchev–Trinajstić information content (AvgIpc) is 2.30. The standard InChI is InChI=1S/C11H11ClO3S/c1-2-14-11(13)7-3-4-8-10(9(7)12)15-5-6-16-8/h3-4H,2,5-6H2,1H3. The molecule has 0 amide bonds. The van der Waals surface area contributed by atoms with Crippen molar-refractivity contribution in [1.29, 1.82) is 0 Å². The van der Waals surface area contributed by atoms with Crippen molar-refractivity contribution in [3.63, 3.8) is 0 Å². The molecule has 0 spiro atoms. The lowest BCUT2D eigenvalue weighted by Crippen LogP contribution is -2.10. The van der Waals surface area contributed by atoms with Gasteiger partial charge in [0.05, 0.1) is 28.7 Å². The van der Waals surface area contributed by atoms with E-state index in [1.54, 1.807) is 24.8 Å². The van der Waals surface area contributed by atoms with Crippen LogP contribution >= 0.6 is 23.4 Å². The number of thioether (sulfide) groups is 1. The fourth-order valence-electron chi connectivity index (χ4n) is 1.45. The van der Waals surface area contributed by atoms with E-state index >= 15 is 0 Å². The lowest BCUT2D eigenvalue weighted by atomic mass is 10.2. The van der Waals surface area contributed by atoms with Crippen molar-refractivity contribution < 1.29 is 14.3 Å². The highest BCUT2D eigenvalue weighted by Gasteiger charge is 2.21. The predicted molar refractivity (Wildman–Crippen MR) is 63.6 cm³/mol. The monoisotopic (exact) mass is 258 g/mol. The van der Waals surface area contributed by atoms with Crippen LogP contribution in [0.4, 0.5) is 0 Å². The van der Waals surface area contributed by atoms with Crippen molar-refractivity contribution in [2.24, 2.45) is 0 Å². The molecule has 1 aliphatic rings. The summed E-state index contributed by atoms with van der Waals surface area (Å²) in [7, 11) is 0. The lowest BCUT2D eigenvalue weighted by molar-refractivity contribution is 0.0526. The van der Waals surface area contributed by atoms with Crippen LogP contribution in [-0.4, -0.2) is 24.9 Å². The fraction of sp³-hybridized carbons (Fsp3) is 0.364. The summed E-state index contributed by atoms with van der Waals surface area (Å²) in [6.07, 6.45) is 0. The molecule has 0 radical (unpaired) electrons. The fourth-order valence-corrected chi connectivity index (χ4v) is 2.64. The highest BCUT2D eigenvalue weighted by molar-refractivity contribution is 7.99. The van der Waals surface area contributed by atoms with Crippen molar-refractivity contribution in [2.45, 2.75) is 11.8 Å². The molecule has 2 rings (SSSR count). The summed E-state index contributed by atoms with van der Waals surface area (Å²) in [5.41, 5.74) is 0.366. The summed E-state index contributed by atoms with van der Waals surface area (Å²) < 4.78 is 10.4. The first-order valence-corrected chi connectivity index (χ1v) is 6.35. The van der Waals surface area contributed by atoms with Crippen molar-refractivity contribution in [3.8, 4) is 5.75 Å². The quantitative estimate of drug-likeness (QED) is 0.764. The van der Waals surface area contributed by atoms with Gasteiger partial charge in [-0.3, -0.25) is 0 Å². The molecule has 16 heavy (non-hydrogen) atoms. The highest BCUT2D eigenvalue weighted by Crippen LogP contribution is 2.40. The van der Waals surface area contributed by atoms with Gasteiger partial charge in [0.25, 0.3) is 0 Å². The number of carbonyl (C=O) groups excluding carboxylic acids is 1. The minimum absolute atomic E-state index is 0.335. The van der Waals surface area contributed by atoms with E-state index in [1.165, 1.54) is 0 Å². The molecule has 0 saturated carbocycles. The Kier molecular flexibility index (Phi) is 3.61. The van der Waals surface area contributed by atoms with Crippen LogP contribution in [0.3, 0.4) is 0 Å². The molecule has 0 bridgehead atoms. The third-order valence-corrected chi connectivity index (χ3v) is 3.52. The summed E-state index contributed by atoms with van der Waals surface area (Å²) in [6.45, 7) is 2.71. The zero-order valence-electron chi connectivity index (χ0n) is 8.79. The average molecular weight is 259 g/mol. The van der Waals surface area contributed by atoms with Crippen LogP contribution in [0.1, 0.15) is 17.3 Å². The van der Waals surface area contributed by atoms with E-state index in [0.29, 0.717) is 29.5 Å². The Bertz CT molecular complexity index is 420. The number of esters is 1. The minimum Gasteiger partial charge on any atom is -0.490 e. The van der Waals surface area contributed by atoms with Gasteiger partial charge in [-0.1, -0.05) is 11.6 Å². The van der Waals surface area contributed by atoms with Gasteiger partial charge in [0.2, 0.25) is 0 Å². The van der Waals surface area contributed by atoms with Crippen LogP contribution < -0.4 is 4.74 Å². The van der Waals surface area contributed by atoms with E-state index in [4.69, 9.17) is 21.1 Å². The van der Waals surface area contributed by atoms with Crippen LogP contribution in [0.5, 0.6) is 5.75 Å². The topological polar surface area (TPSA) is 35.5 Å². The molecule has 0 aromatic heterocycles. The van der Waals surface area contributed by atoms with Gasteiger partial charge in [0.15, 0.2) is 5.75 Å². The van der Waals surface area contributed by atoms with E-state index in [0.717, 1.165) is 10.6 Å². The maximum atomic E-state index is 11.6. The molecule has 1 heterocycles. The Morgan fingerprint density at radius 3 is 3.19 bits per heavy atom. The highest BCUT2D eigenvalue weighted by atomic mass is 35.5. The number of hydrogen-bond donors (Lipinski definition) is 0. The van der Waals surface area contributed by atoms with Gasteiger partial charge >= 0.3 is 5.97 Å². The predicted octanol–water partition coefficient (Wildman–Crippen LogP) is 3.00. The summed E-state index contributed by atoms with van der Waals surface area (Å²) in [5, 5.41) is 0.350. The third kappa shape index (κ3) is 2.13. The van der Waals surface area contributed by atoms with Gasteiger partial charge in [0.1, 0.15) is 0 Å². The third-order valence-electron chi connectivity index (χ3n) is 2.14. The SMILES string of the molecule is CCOC(=O)c1ccc2c(c1Cl)OCCS2. The zero-order valence-corrected chi connectivity index (χ0v) is 10.4. The first kappa shape index (κ1) is 11.6. The Morgan fingerprint density at radius 2 is 2.44 bits per heavy atom. The van der Waals surface area contributed by atoms with Crippen LogP contribution in [0.15, 0.2) is 17.0 Å². The molecule has 0 atom stereocenters. The molecule has 0 unspecified atom stereocenters. The second kappa shape index (κ2) is 4.97. The Balaban J connectivity index is 2.37. The second-order valence-electron chi connectivity index (χ2n) is 3.17. The number of benzene rings is 1. The first-order chi connectivity index (χ1) is 7.74. The Morgan fingerprint density at radius 1 is 1.62 bits per heavy atom. The van der Waals surface area contributed by atoms with Crippen LogP contribution in [0.25, 0.3) is 0 Å². The number of rotatable bonds is 2. The maximum absolute atomic E-state index is 11.6. The van der Waals surface area contributed by atoms with Gasteiger partial charge in [0, 0.05) is 5.75 Å². The van der Waals surface area contributed by atoms with Crippen LogP contribution in [0.2, 0.25) is 5.02 Å². The zero-order chi connectivity index (χ0) is 11.5. The second-order valence-corrected chi connectivity index (χ2v) is 4.69. The van der Waals surface area contributed by atoms with Crippen molar-refractivity contribution in [1.82, 2.24) is 0 Å². The summed E-state index contributed by atoms with van der Waals surface area (Å²) in [6, 6.07) is 3.53. The van der Waals surface area contributed by atoms with Crippen molar-refractivity contribution in [3.05, 3.63) is 22.7 Å². The molecular formula is C11H11ClO3S. The van der Waals surface area contributed by atoms with E-state index in [1.807, 2.05) is 6.07 Å². The molecule has 0 fully saturated rings. The lowest BCUT2D eigenvalue weighted by Gasteiger charge is -2.18. The van der Waals surface area contributed by atoms with Gasteiger partial charge in [-0.05, 0) is 19.1 Å². The van der Waals surface area contributed by atoms with E-state index in [2.05, 4.69) is 0 Å². The molecule has 1 aromatic carbocycles. The van der Waals surface area contributed by atoms with Crippen LogP contribution in [0, 0.1) is 0 Å². The van der Waals surface area contributed by atoms with Gasteiger partial charge in [-0.25, -0.2) is 4.79 Å². The van der Waals surface area contributed by atoms with E-state index in [-0.39, 0.29) is 0 Å². The van der Waals surface area contributed by atoms with Gasteiger partial charge in [-0.2, -0.15) is 0 Å². The smallest absolute Gasteiger partial charge is 0.339 e. The van der Waals surface area contributed by atoms with Crippen molar-refractivity contribution >= 4 is 29.3 Å². The number of halogens is 1. The number of carbonyl (C=O) groups is 1. The number of hydrogen-bond acceptors (Lipinski definition) is 4. The molecule has 5 heteroatoms. The van der Waals surface area contributed by atoms with Gasteiger partial charge in [-0.15, -0.1) is 11.8 Å². The van der Waals surface area contributed by atoms with Gasteiger partial charge < -0.3 is 9.47 Å². The molecule has 3 nitrogen and oxygen atoms in total. The molecule has 86 valence electrons. The first-order valence-electron chi connectivity index (χ1n) is 4.99. The van der Waals surface area contributed by atoms with E-state index in [9.17, 15) is 4.79 Å². The maximum Gasteiger partial charge on any atom is 0.339 e. The molecule has 1 aliphatic heterocycles. The largest absolute Gasteiger partial charge is 0.490 e. The molecule has 0 saturated heterocycles. The molecule has 1 aromatic rings. The Labute approximate surface area is 103 Å². The molecule has 0 N–H and O–H groups in total. The molecular weight excluding hydrogens is 248 g/mol. The van der Waals surface area contributed by atoms with Crippen LogP contribution in [-0.2, 0) is 4.74 Å². The van der Waals surface area contributed by atoms with E-state index < -0.39 is 5.97 Å². The molecule has 0 aliphatic carbocycles. The number of fused-ring (bicyclic) bond motifs is 1. The normalized spacial score (nSPS) is 13.9. The minimum atomic E-state index is -0.408. The number of ether oxygens (including phenoxy) is 2. The summed E-state index contributed by atoms with van der Waals surface area (Å²) in [4.78, 5) is 12.6. The summed E-state index contributed by atoms with van der Waals surface area (Å²) >= 11 is 7.79.